The number of aryl methyl sites for hydroxylation is 2. The molecular formula is C20H28N4O2. The summed E-state index contributed by atoms with van der Waals surface area (Å²) in [4.78, 5) is 25.2. The molecule has 0 aliphatic carbocycles. The van der Waals surface area contributed by atoms with E-state index in [0.717, 1.165) is 22.8 Å². The lowest BCUT2D eigenvalue weighted by Gasteiger charge is -2.23. The van der Waals surface area contributed by atoms with Gasteiger partial charge in [0.25, 0.3) is 0 Å². The number of amides is 2. The Bertz CT molecular complexity index is 750. The summed E-state index contributed by atoms with van der Waals surface area (Å²) in [6.45, 7) is 8.96. The first-order chi connectivity index (χ1) is 12.4. The highest BCUT2D eigenvalue weighted by atomic mass is 16.2. The number of carbonyl (C=O) groups excluding carboxylic acids is 2. The van der Waals surface area contributed by atoms with Crippen molar-refractivity contribution in [2.45, 2.75) is 52.6 Å². The van der Waals surface area contributed by atoms with Crippen LogP contribution in [-0.2, 0) is 22.4 Å². The van der Waals surface area contributed by atoms with Crippen molar-refractivity contribution >= 4 is 11.8 Å². The van der Waals surface area contributed by atoms with Gasteiger partial charge in [0, 0.05) is 48.7 Å². The summed E-state index contributed by atoms with van der Waals surface area (Å²) in [5.74, 6) is 0.0454. The van der Waals surface area contributed by atoms with E-state index in [1.807, 2.05) is 52.0 Å². The first-order valence-corrected chi connectivity index (χ1v) is 9.29. The summed E-state index contributed by atoms with van der Waals surface area (Å²) in [5.41, 5.74) is 4.24. The fraction of sp³-hybridized carbons (Fsp3) is 0.500. The molecule has 0 aromatic carbocycles. The topological polar surface area (TPSA) is 68.1 Å². The van der Waals surface area contributed by atoms with E-state index in [4.69, 9.17) is 0 Å². The monoisotopic (exact) mass is 356 g/mol. The minimum atomic E-state index is -0.272. The minimum absolute atomic E-state index is 0.0227. The Hall–Kier alpha value is -2.50. The normalized spacial score (nSPS) is 22.0. The van der Waals surface area contributed by atoms with Crippen LogP contribution < -0.4 is 10.6 Å². The molecule has 140 valence electrons. The van der Waals surface area contributed by atoms with Gasteiger partial charge < -0.3 is 19.8 Å². The lowest BCUT2D eigenvalue weighted by molar-refractivity contribution is -0.125. The van der Waals surface area contributed by atoms with E-state index in [1.54, 1.807) is 0 Å². The van der Waals surface area contributed by atoms with Crippen LogP contribution in [0.5, 0.6) is 0 Å². The molecule has 2 atom stereocenters. The van der Waals surface area contributed by atoms with Gasteiger partial charge in [-0.2, -0.15) is 0 Å². The molecule has 6 heteroatoms. The van der Waals surface area contributed by atoms with Gasteiger partial charge in [-0.1, -0.05) is 0 Å². The van der Waals surface area contributed by atoms with Gasteiger partial charge in [0.15, 0.2) is 0 Å². The molecule has 26 heavy (non-hydrogen) atoms. The first-order valence-electron chi connectivity index (χ1n) is 9.29. The van der Waals surface area contributed by atoms with E-state index in [0.29, 0.717) is 25.9 Å². The number of hydrogen-bond acceptors (Lipinski definition) is 2. The van der Waals surface area contributed by atoms with E-state index in [9.17, 15) is 9.59 Å². The van der Waals surface area contributed by atoms with Gasteiger partial charge in [-0.05, 0) is 52.0 Å². The lowest BCUT2D eigenvalue weighted by Crippen LogP contribution is -2.37. The van der Waals surface area contributed by atoms with Crippen molar-refractivity contribution in [3.05, 3.63) is 47.0 Å². The highest BCUT2D eigenvalue weighted by Crippen LogP contribution is 2.19. The van der Waals surface area contributed by atoms with Crippen LogP contribution in [0.1, 0.15) is 48.7 Å². The van der Waals surface area contributed by atoms with Crippen molar-refractivity contribution in [1.29, 1.82) is 0 Å². The van der Waals surface area contributed by atoms with Crippen LogP contribution in [0.4, 0.5) is 0 Å². The Kier molecular flexibility index (Phi) is 5.20. The van der Waals surface area contributed by atoms with Gasteiger partial charge in [-0.15, -0.1) is 0 Å². The molecule has 3 heterocycles. The van der Waals surface area contributed by atoms with Crippen molar-refractivity contribution in [3.8, 4) is 0 Å². The molecule has 2 amide bonds. The van der Waals surface area contributed by atoms with Crippen LogP contribution in [0.2, 0.25) is 0 Å². The Balaban J connectivity index is 1.90. The molecule has 2 aromatic heterocycles. The second-order valence-corrected chi connectivity index (χ2v) is 7.11. The summed E-state index contributed by atoms with van der Waals surface area (Å²) >= 11 is 0. The molecule has 0 spiro atoms. The van der Waals surface area contributed by atoms with Crippen molar-refractivity contribution in [2.75, 3.05) is 13.1 Å². The highest BCUT2D eigenvalue weighted by molar-refractivity contribution is 5.81. The molecule has 0 radical (unpaired) electrons. The Morgan fingerprint density at radius 1 is 0.769 bits per heavy atom. The van der Waals surface area contributed by atoms with E-state index >= 15 is 0 Å². The zero-order chi connectivity index (χ0) is 18.8. The van der Waals surface area contributed by atoms with Gasteiger partial charge >= 0.3 is 0 Å². The van der Waals surface area contributed by atoms with Crippen molar-refractivity contribution < 1.29 is 9.59 Å². The molecule has 0 saturated carbocycles. The average molecular weight is 356 g/mol. The van der Waals surface area contributed by atoms with Crippen LogP contribution in [0.25, 0.3) is 0 Å². The Morgan fingerprint density at radius 2 is 1.15 bits per heavy atom. The molecule has 0 fully saturated rings. The molecule has 2 N–H and O–H groups in total. The van der Waals surface area contributed by atoms with E-state index in [2.05, 4.69) is 19.8 Å². The largest absolute Gasteiger partial charge is 0.354 e. The molecule has 1 aliphatic rings. The number of nitrogens with one attached hydrogen (secondary N) is 2. The lowest BCUT2D eigenvalue weighted by atomic mass is 10.2. The second-order valence-electron chi connectivity index (χ2n) is 7.11. The van der Waals surface area contributed by atoms with Crippen LogP contribution in [0, 0.1) is 13.8 Å². The molecule has 2 aromatic rings. The van der Waals surface area contributed by atoms with Crippen molar-refractivity contribution in [2.24, 2.45) is 0 Å². The molecule has 0 saturated heterocycles. The minimum Gasteiger partial charge on any atom is -0.354 e. The number of aromatic nitrogens is 2. The summed E-state index contributed by atoms with van der Waals surface area (Å²) in [7, 11) is 0. The van der Waals surface area contributed by atoms with Gasteiger partial charge in [0.1, 0.15) is 12.1 Å². The summed E-state index contributed by atoms with van der Waals surface area (Å²) < 4.78 is 4.12. The van der Waals surface area contributed by atoms with E-state index in [1.165, 1.54) is 0 Å². The Labute approximate surface area is 154 Å². The Morgan fingerprint density at radius 3 is 1.54 bits per heavy atom. The number of rotatable bonds is 0. The quantitative estimate of drug-likeness (QED) is 0.759. The smallest absolute Gasteiger partial charge is 0.242 e. The predicted molar refractivity (Wildman–Crippen MR) is 101 cm³/mol. The number of hydrogen-bond donors (Lipinski definition) is 2. The zero-order valence-corrected chi connectivity index (χ0v) is 16.0. The van der Waals surface area contributed by atoms with Gasteiger partial charge in [0.2, 0.25) is 11.8 Å². The van der Waals surface area contributed by atoms with Gasteiger partial charge in [-0.25, -0.2) is 0 Å². The predicted octanol–water partition coefficient (Wildman–Crippen LogP) is 2.06. The third kappa shape index (κ3) is 3.41. The van der Waals surface area contributed by atoms with Crippen LogP contribution >= 0.6 is 0 Å². The molecule has 3 rings (SSSR count). The van der Waals surface area contributed by atoms with Crippen LogP contribution in [0.15, 0.2) is 24.3 Å². The third-order valence-corrected chi connectivity index (χ3v) is 5.31. The van der Waals surface area contributed by atoms with Gasteiger partial charge in [-0.3, -0.25) is 9.59 Å². The van der Waals surface area contributed by atoms with Crippen LogP contribution in [0.3, 0.4) is 0 Å². The SMILES string of the molecule is Cc1ccc2n1[C@@H](C)C(=O)NCCc1ccc(C)n1[C@@H](C)C(=O)NCC2. The molecule has 0 bridgehead atoms. The summed E-state index contributed by atoms with van der Waals surface area (Å²) in [6.07, 6.45) is 1.39. The maximum Gasteiger partial charge on any atom is 0.242 e. The van der Waals surface area contributed by atoms with Gasteiger partial charge in [0.05, 0.1) is 0 Å². The fourth-order valence-corrected chi connectivity index (χ4v) is 3.88. The van der Waals surface area contributed by atoms with E-state index < -0.39 is 0 Å². The van der Waals surface area contributed by atoms with Crippen molar-refractivity contribution in [3.63, 3.8) is 0 Å². The summed E-state index contributed by atoms with van der Waals surface area (Å²) in [6, 6.07) is 7.58. The zero-order valence-electron chi connectivity index (χ0n) is 16.0. The average Bonchev–Trinajstić information content (AvgIpc) is 3.15. The number of fused-ring (bicyclic) bond motifs is 2. The standard InChI is InChI=1S/C20H28N4O2/c1-13-5-7-17-9-11-22-20(26)16(4)24-14(2)6-8-18(24)10-12-21-19(25)15(3)23(13)17/h5-8,15-16H,9-12H2,1-4H3,(H,21,25)(H,22,26)/t15-,16-/m0/s1. The first kappa shape index (κ1) is 18.3. The second kappa shape index (κ2) is 7.40. The third-order valence-electron chi connectivity index (χ3n) is 5.31. The molecule has 0 unspecified atom stereocenters. The molecule has 1 aliphatic heterocycles. The number of nitrogens with zero attached hydrogens (tertiary/aromatic N) is 2. The number of carbonyl (C=O) groups is 2. The molecule has 6 nitrogen and oxygen atoms in total. The van der Waals surface area contributed by atoms with Crippen LogP contribution in [-0.4, -0.2) is 34.0 Å². The molecular weight excluding hydrogens is 328 g/mol. The van der Waals surface area contributed by atoms with Crippen molar-refractivity contribution in [1.82, 2.24) is 19.8 Å². The highest BCUT2D eigenvalue weighted by Gasteiger charge is 2.22. The maximum atomic E-state index is 12.6. The maximum absolute atomic E-state index is 12.6. The van der Waals surface area contributed by atoms with E-state index in [-0.39, 0.29) is 23.9 Å². The summed E-state index contributed by atoms with van der Waals surface area (Å²) in [5, 5.41) is 6.09. The fourth-order valence-electron chi connectivity index (χ4n) is 3.88.